The molecule has 0 spiro atoms. The largest absolute Gasteiger partial charge is 0.306 e. The first-order chi connectivity index (χ1) is 13.3. The number of hydrogen-bond acceptors (Lipinski definition) is 4. The van der Waals surface area contributed by atoms with E-state index in [0.29, 0.717) is 12.0 Å². The number of ketones is 2. The fourth-order valence-electron chi connectivity index (χ4n) is 3.80. The molecule has 0 radical (unpaired) electrons. The summed E-state index contributed by atoms with van der Waals surface area (Å²) in [5.41, 5.74) is 0.159. The summed E-state index contributed by atoms with van der Waals surface area (Å²) in [6.07, 6.45) is 5.25. The summed E-state index contributed by atoms with van der Waals surface area (Å²) in [5, 5.41) is 3.48. The second kappa shape index (κ2) is 8.10. The van der Waals surface area contributed by atoms with Crippen molar-refractivity contribution >= 4 is 23.2 Å². The molecule has 1 heterocycles. The van der Waals surface area contributed by atoms with E-state index < -0.39 is 11.6 Å². The summed E-state index contributed by atoms with van der Waals surface area (Å²) >= 11 is 6.18. The van der Waals surface area contributed by atoms with Crippen LogP contribution < -0.4 is 5.32 Å². The van der Waals surface area contributed by atoms with Gasteiger partial charge >= 0.3 is 0 Å². The lowest BCUT2D eigenvalue weighted by Crippen LogP contribution is -2.41. The zero-order valence-corrected chi connectivity index (χ0v) is 17.0. The highest BCUT2D eigenvalue weighted by Crippen LogP contribution is 2.50. The van der Waals surface area contributed by atoms with E-state index in [4.69, 9.17) is 11.6 Å². The number of carbonyl (C=O) groups excluding carboxylic acids is 2. The third-order valence-electron chi connectivity index (χ3n) is 5.83. The number of nitrogens with one attached hydrogen (secondary N) is 1. The molecule has 0 unspecified atom stereocenters. The van der Waals surface area contributed by atoms with Crippen LogP contribution in [0.3, 0.4) is 0 Å². The molecule has 1 aromatic carbocycles. The Labute approximate surface area is 169 Å². The van der Waals surface area contributed by atoms with Crippen LogP contribution in [0.15, 0.2) is 36.7 Å². The molecule has 2 aromatic rings. The number of halogens is 2. The van der Waals surface area contributed by atoms with Crippen LogP contribution in [0.2, 0.25) is 5.02 Å². The van der Waals surface area contributed by atoms with Crippen molar-refractivity contribution in [2.75, 3.05) is 0 Å². The minimum Gasteiger partial charge on any atom is -0.306 e. The van der Waals surface area contributed by atoms with Crippen molar-refractivity contribution in [1.29, 1.82) is 0 Å². The first kappa shape index (κ1) is 20.6. The molecule has 0 aliphatic heterocycles. The van der Waals surface area contributed by atoms with Crippen molar-refractivity contribution in [3.63, 3.8) is 0 Å². The summed E-state index contributed by atoms with van der Waals surface area (Å²) in [6, 6.07) is 5.96. The number of carbonyl (C=O) groups is 2. The van der Waals surface area contributed by atoms with Gasteiger partial charge in [-0.3, -0.25) is 14.6 Å². The maximum Gasteiger partial charge on any atom is 0.199 e. The van der Waals surface area contributed by atoms with E-state index in [1.54, 1.807) is 37.4 Å². The van der Waals surface area contributed by atoms with Gasteiger partial charge in [0.1, 0.15) is 11.6 Å². The highest BCUT2D eigenvalue weighted by atomic mass is 35.5. The fraction of sp³-hybridized carbons (Fsp3) is 0.409. The average molecular weight is 403 g/mol. The van der Waals surface area contributed by atoms with Gasteiger partial charge < -0.3 is 5.32 Å². The SMILES string of the molecule is CC[C@@H](N[C@@H](C)C1(C(C)=O)CC1)c1ccc(Cl)c(C(=O)c2cccnc2)c1F. The van der Waals surface area contributed by atoms with Gasteiger partial charge in [-0.25, -0.2) is 4.39 Å². The fourth-order valence-corrected chi connectivity index (χ4v) is 4.03. The summed E-state index contributed by atoms with van der Waals surface area (Å²) in [7, 11) is 0. The topological polar surface area (TPSA) is 59.1 Å². The van der Waals surface area contributed by atoms with E-state index in [-0.39, 0.29) is 39.4 Å². The molecule has 0 bridgehead atoms. The minimum atomic E-state index is -0.624. The van der Waals surface area contributed by atoms with Crippen molar-refractivity contribution in [2.24, 2.45) is 5.41 Å². The summed E-state index contributed by atoms with van der Waals surface area (Å²) in [4.78, 5) is 28.7. The molecule has 28 heavy (non-hydrogen) atoms. The van der Waals surface area contributed by atoms with Crippen molar-refractivity contribution in [3.05, 3.63) is 64.2 Å². The van der Waals surface area contributed by atoms with Crippen molar-refractivity contribution in [3.8, 4) is 0 Å². The molecule has 1 aliphatic rings. The number of rotatable bonds is 8. The Morgan fingerprint density at radius 1 is 1.32 bits per heavy atom. The number of hydrogen-bond donors (Lipinski definition) is 1. The van der Waals surface area contributed by atoms with Gasteiger partial charge in [-0.2, -0.15) is 0 Å². The lowest BCUT2D eigenvalue weighted by Gasteiger charge is -2.28. The molecule has 6 heteroatoms. The zero-order chi connectivity index (χ0) is 20.5. The van der Waals surface area contributed by atoms with Crippen LogP contribution in [0, 0.1) is 11.2 Å². The van der Waals surface area contributed by atoms with E-state index in [1.807, 2.05) is 13.8 Å². The Balaban J connectivity index is 1.93. The van der Waals surface area contributed by atoms with E-state index >= 15 is 4.39 Å². The predicted octanol–water partition coefficient (Wildman–Crippen LogP) is 4.90. The second-order valence-corrected chi connectivity index (χ2v) is 7.87. The molecular formula is C22H24ClFN2O2. The van der Waals surface area contributed by atoms with Crippen LogP contribution in [0.1, 0.15) is 67.6 Å². The molecule has 1 N–H and O–H groups in total. The van der Waals surface area contributed by atoms with Gasteiger partial charge in [0.2, 0.25) is 0 Å². The number of pyridine rings is 1. The van der Waals surface area contributed by atoms with E-state index in [2.05, 4.69) is 10.3 Å². The van der Waals surface area contributed by atoms with Crippen molar-refractivity contribution in [1.82, 2.24) is 10.3 Å². The molecule has 0 amide bonds. The summed E-state index contributed by atoms with van der Waals surface area (Å²) in [5.74, 6) is -0.963. The highest BCUT2D eigenvalue weighted by Gasteiger charge is 2.51. The smallest absolute Gasteiger partial charge is 0.199 e. The van der Waals surface area contributed by atoms with Crippen LogP contribution in [-0.4, -0.2) is 22.6 Å². The van der Waals surface area contributed by atoms with Crippen molar-refractivity contribution in [2.45, 2.75) is 52.1 Å². The Morgan fingerprint density at radius 2 is 2.04 bits per heavy atom. The lowest BCUT2D eigenvalue weighted by molar-refractivity contribution is -0.123. The minimum absolute atomic E-state index is 0.0698. The van der Waals surface area contributed by atoms with Crippen molar-refractivity contribution < 1.29 is 14.0 Å². The molecule has 148 valence electrons. The van der Waals surface area contributed by atoms with Crippen LogP contribution >= 0.6 is 11.6 Å². The maximum atomic E-state index is 15.4. The number of aromatic nitrogens is 1. The molecule has 3 rings (SSSR count). The Morgan fingerprint density at radius 3 is 2.57 bits per heavy atom. The standard InChI is InChI=1S/C22H24ClFN2O2/c1-4-18(26-13(2)22(9-10-22)14(3)27)16-7-8-17(23)19(20(16)24)21(28)15-6-5-11-25-12-15/h5-8,11-13,18,26H,4,9-10H2,1-3H3/t13-,18+/m0/s1. The lowest BCUT2D eigenvalue weighted by atomic mass is 9.91. The average Bonchev–Trinajstić information content (AvgIpc) is 3.49. The van der Waals surface area contributed by atoms with Crippen LogP contribution in [0.4, 0.5) is 4.39 Å². The van der Waals surface area contributed by atoms with Gasteiger partial charge in [-0.15, -0.1) is 0 Å². The Kier molecular flexibility index (Phi) is 5.96. The normalized spacial score (nSPS) is 17.0. The monoisotopic (exact) mass is 402 g/mol. The van der Waals surface area contributed by atoms with Crippen LogP contribution in [0.25, 0.3) is 0 Å². The van der Waals surface area contributed by atoms with Crippen LogP contribution in [-0.2, 0) is 4.79 Å². The predicted molar refractivity (Wildman–Crippen MR) is 107 cm³/mol. The zero-order valence-electron chi connectivity index (χ0n) is 16.3. The third kappa shape index (κ3) is 3.74. The Bertz CT molecular complexity index is 897. The van der Waals surface area contributed by atoms with Crippen LogP contribution in [0.5, 0.6) is 0 Å². The van der Waals surface area contributed by atoms with Gasteiger partial charge in [0.25, 0.3) is 0 Å². The first-order valence-electron chi connectivity index (χ1n) is 9.51. The molecule has 1 aliphatic carbocycles. The number of benzene rings is 1. The van der Waals surface area contributed by atoms with Gasteiger partial charge in [-0.1, -0.05) is 24.6 Å². The van der Waals surface area contributed by atoms with Gasteiger partial charge in [0.05, 0.1) is 10.6 Å². The Hall–Kier alpha value is -2.11. The number of Topliss-reactive ketones (excluding diaryl/α,β-unsaturated/α-hetero) is 1. The van der Waals surface area contributed by atoms with E-state index in [1.165, 1.54) is 6.20 Å². The van der Waals surface area contributed by atoms with Gasteiger partial charge in [0, 0.05) is 41.0 Å². The number of nitrogens with zero attached hydrogens (tertiary/aromatic N) is 1. The maximum absolute atomic E-state index is 15.4. The summed E-state index contributed by atoms with van der Waals surface area (Å²) in [6.45, 7) is 5.51. The molecule has 0 saturated heterocycles. The first-order valence-corrected chi connectivity index (χ1v) is 9.89. The quantitative estimate of drug-likeness (QED) is 0.638. The van der Waals surface area contributed by atoms with E-state index in [0.717, 1.165) is 12.8 Å². The highest BCUT2D eigenvalue weighted by molar-refractivity contribution is 6.35. The molecule has 4 nitrogen and oxygen atoms in total. The summed E-state index contributed by atoms with van der Waals surface area (Å²) < 4.78 is 15.4. The van der Waals surface area contributed by atoms with E-state index in [9.17, 15) is 9.59 Å². The second-order valence-electron chi connectivity index (χ2n) is 7.46. The molecular weight excluding hydrogens is 379 g/mol. The molecule has 1 saturated carbocycles. The van der Waals surface area contributed by atoms with Gasteiger partial charge in [-0.05, 0) is 51.3 Å². The molecule has 1 aromatic heterocycles. The molecule has 2 atom stereocenters. The van der Waals surface area contributed by atoms with Gasteiger partial charge in [0.15, 0.2) is 5.78 Å². The third-order valence-corrected chi connectivity index (χ3v) is 6.14. The molecule has 1 fully saturated rings.